The molecule has 0 saturated carbocycles. The van der Waals surface area contributed by atoms with Crippen LogP contribution in [0.5, 0.6) is 0 Å². The van der Waals surface area contributed by atoms with Gasteiger partial charge in [-0.1, -0.05) is 47.5 Å². The molecule has 0 fully saturated rings. The van der Waals surface area contributed by atoms with Crippen molar-refractivity contribution in [2.75, 3.05) is 0 Å². The zero-order chi connectivity index (χ0) is 30.4. The molecule has 0 rings (SSSR count). The van der Waals surface area contributed by atoms with Crippen molar-refractivity contribution >= 4 is 42.6 Å². The van der Waals surface area contributed by atoms with Gasteiger partial charge in [0.05, 0.1) is 0 Å². The second-order valence-electron chi connectivity index (χ2n) is 13.5. The maximum Gasteiger partial charge on any atom is 0.479 e. The molecule has 0 aromatic carbocycles. The van der Waals surface area contributed by atoms with Gasteiger partial charge >= 0.3 is 25.9 Å². The molecule has 1 atom stereocenters. The van der Waals surface area contributed by atoms with Gasteiger partial charge in [0, 0.05) is 6.55 Å². The maximum atomic E-state index is 6.40. The van der Waals surface area contributed by atoms with Crippen LogP contribution in [0.25, 0.3) is 0 Å². The molecular weight excluding hydrogens is 597 g/mol. The fourth-order valence-electron chi connectivity index (χ4n) is 3.63. The first-order valence-electron chi connectivity index (χ1n) is 12.6. The molecule has 0 aliphatic heterocycles. The second kappa shape index (κ2) is 18.4. The predicted molar refractivity (Wildman–Crippen MR) is 195 cm³/mol. The molecule has 11 heteroatoms. The molecule has 41 heavy (non-hydrogen) atoms. The Morgan fingerprint density at radius 3 is 0.927 bits per heavy atom. The lowest BCUT2D eigenvalue weighted by Gasteiger charge is -2.42. The summed E-state index contributed by atoms with van der Waals surface area (Å²) in [5, 5.41) is 0. The van der Waals surface area contributed by atoms with E-state index in [0.717, 1.165) is 0 Å². The van der Waals surface area contributed by atoms with Crippen molar-refractivity contribution in [2.45, 2.75) is 160 Å². The average Bonchev–Trinajstić information content (AvgIpc) is 2.54. The van der Waals surface area contributed by atoms with E-state index in [1.807, 2.05) is 61.2 Å². The predicted octanol–water partition coefficient (Wildman–Crippen LogP) is 9.49. The van der Waals surface area contributed by atoms with Crippen LogP contribution in [-0.4, -0.2) is 59.4 Å². The summed E-state index contributed by atoms with van der Waals surface area (Å²) in [6.07, 6.45) is 16.3. The van der Waals surface area contributed by atoms with Gasteiger partial charge in [-0.25, -0.2) is 0 Å². The smallest absolute Gasteiger partial charge is 0.437 e. The molecule has 1 unspecified atom stereocenters. The number of hydrogen-bond donors (Lipinski definition) is 0. The minimum absolute atomic E-state index is 0. The van der Waals surface area contributed by atoms with E-state index in [-0.39, 0.29) is 29.7 Å². The van der Waals surface area contributed by atoms with Crippen molar-refractivity contribution in [3.63, 3.8) is 0 Å². The lowest BCUT2D eigenvalue weighted by molar-refractivity contribution is 0.0551. The lowest BCUT2D eigenvalue weighted by atomic mass is 10.2. The molecule has 6 nitrogen and oxygen atoms in total. The van der Waals surface area contributed by atoms with Gasteiger partial charge in [0.1, 0.15) is 16.8 Å². The summed E-state index contributed by atoms with van der Waals surface area (Å²) in [6.45, 7) is 33.9. The van der Waals surface area contributed by atoms with E-state index in [9.17, 15) is 0 Å². The minimum Gasteiger partial charge on any atom is -0.437 e. The maximum absolute atomic E-state index is 6.40. The Balaban J connectivity index is -0.000000144. The SMILES string of the molecule is C.C.C.C.C#CC(C)(C)O[Si](C)(C)OC(C)(C)C#C.C#CC(C)(C)O[Si](C)(O[Si](C)(C)C)O[Si](C)(C)O[Si](C)(C)C. The first kappa shape index (κ1) is 53.1. The quantitative estimate of drug-likeness (QED) is 0.153. The van der Waals surface area contributed by atoms with Crippen molar-refractivity contribution in [2.24, 2.45) is 0 Å². The zero-order valence-electron chi connectivity index (χ0n) is 26.7. The van der Waals surface area contributed by atoms with Crippen molar-refractivity contribution < 1.29 is 25.6 Å². The summed E-state index contributed by atoms with van der Waals surface area (Å²) in [5.74, 6) is 7.83. The molecule has 0 aliphatic rings. The number of rotatable bonds is 12. The third-order valence-corrected chi connectivity index (χ3v) is 18.6. The highest BCUT2D eigenvalue weighted by molar-refractivity contribution is 6.87. The van der Waals surface area contributed by atoms with Gasteiger partial charge in [-0.3, -0.25) is 0 Å². The summed E-state index contributed by atoms with van der Waals surface area (Å²) >= 11 is 0. The fourth-order valence-corrected chi connectivity index (χ4v) is 22.6. The molecule has 246 valence electrons. The van der Waals surface area contributed by atoms with Gasteiger partial charge in [0.2, 0.25) is 0 Å². The van der Waals surface area contributed by atoms with E-state index < -0.39 is 59.4 Å². The van der Waals surface area contributed by atoms with Gasteiger partial charge in [-0.15, -0.1) is 19.3 Å². The Labute approximate surface area is 264 Å². The van der Waals surface area contributed by atoms with Crippen LogP contribution in [0.15, 0.2) is 0 Å². The Bertz CT molecular complexity index is 836. The van der Waals surface area contributed by atoms with Gasteiger partial charge in [-0.2, -0.15) is 0 Å². The van der Waals surface area contributed by atoms with Crippen molar-refractivity contribution in [1.29, 1.82) is 0 Å². The molecule has 0 amide bonds. The van der Waals surface area contributed by atoms with Crippen LogP contribution < -0.4 is 0 Å². The Hall–Kier alpha value is -0.476. The third-order valence-electron chi connectivity index (χ3n) is 3.96. The summed E-state index contributed by atoms with van der Waals surface area (Å²) in [7, 11) is -11.1. The van der Waals surface area contributed by atoms with Crippen LogP contribution in [-0.2, 0) is 25.6 Å². The third kappa shape index (κ3) is 28.1. The summed E-state index contributed by atoms with van der Waals surface area (Å²) in [5.41, 5.74) is -1.94. The number of hydrogen-bond acceptors (Lipinski definition) is 6. The van der Waals surface area contributed by atoms with Crippen molar-refractivity contribution in [1.82, 2.24) is 0 Å². The highest BCUT2D eigenvalue weighted by Crippen LogP contribution is 2.28. The molecule has 0 aromatic rings. The number of terminal acetylenes is 3. The van der Waals surface area contributed by atoms with E-state index in [2.05, 4.69) is 70.1 Å². The van der Waals surface area contributed by atoms with E-state index in [1.54, 1.807) is 0 Å². The Kier molecular flexibility index (Phi) is 23.8. The monoisotopic (exact) mass is 666 g/mol. The normalized spacial score (nSPS) is 13.9. The van der Waals surface area contributed by atoms with E-state index in [0.29, 0.717) is 0 Å². The van der Waals surface area contributed by atoms with Gasteiger partial charge in [0.15, 0.2) is 16.6 Å². The van der Waals surface area contributed by atoms with Gasteiger partial charge in [0.25, 0.3) is 0 Å². The summed E-state index contributed by atoms with van der Waals surface area (Å²) in [4.78, 5) is 0. The van der Waals surface area contributed by atoms with Gasteiger partial charge < -0.3 is 25.6 Å². The standard InChI is InChI=1S/C14H34O4Si4.C12H20O2Si.4CH4/c1-13-14(2,3)15-22(12,17-20(7,8)9)18-21(10,11)16-19(4,5)6;1-9-11(3,4)13-15(7,8)14-12(5,6)10-2;;;;/h1H,2-12H3;1-2H,3-8H3;4*1H4. The van der Waals surface area contributed by atoms with Gasteiger partial charge in [-0.05, 0) is 107 Å². The fraction of sp³-hybridized carbons (Fsp3) is 0.800. The molecule has 0 saturated heterocycles. The zero-order valence-corrected chi connectivity index (χ0v) is 31.7. The van der Waals surface area contributed by atoms with E-state index >= 15 is 0 Å². The molecule has 0 heterocycles. The lowest BCUT2D eigenvalue weighted by Crippen LogP contribution is -2.60. The highest BCUT2D eigenvalue weighted by atomic mass is 28.5. The molecule has 0 radical (unpaired) electrons. The molecular formula is C30H70O6Si5. The second-order valence-corrected chi connectivity index (χ2v) is 32.3. The Morgan fingerprint density at radius 2 is 0.683 bits per heavy atom. The highest BCUT2D eigenvalue weighted by Gasteiger charge is 2.49. The van der Waals surface area contributed by atoms with Crippen LogP contribution in [0.4, 0.5) is 0 Å². The van der Waals surface area contributed by atoms with Crippen LogP contribution in [0, 0.1) is 37.0 Å². The van der Waals surface area contributed by atoms with Crippen molar-refractivity contribution in [3.8, 4) is 37.0 Å². The first-order valence-corrected chi connectivity index (χ1v) is 27.2. The topological polar surface area (TPSA) is 55.4 Å². The molecule has 0 aliphatic carbocycles. The van der Waals surface area contributed by atoms with Crippen LogP contribution in [0.3, 0.4) is 0 Å². The first-order chi connectivity index (χ1) is 15.9. The average molecular weight is 667 g/mol. The largest absolute Gasteiger partial charge is 0.479 e. The molecule has 0 spiro atoms. The van der Waals surface area contributed by atoms with E-state index in [4.69, 9.17) is 44.9 Å². The summed E-state index contributed by atoms with van der Waals surface area (Å²) in [6, 6.07) is 0. The minimum atomic E-state index is -2.90. The Morgan fingerprint density at radius 1 is 0.415 bits per heavy atom. The molecule has 0 bridgehead atoms. The molecule has 0 N–H and O–H groups in total. The van der Waals surface area contributed by atoms with E-state index in [1.165, 1.54) is 0 Å². The summed E-state index contributed by atoms with van der Waals surface area (Å²) < 4.78 is 36.8. The van der Waals surface area contributed by atoms with Crippen molar-refractivity contribution in [3.05, 3.63) is 0 Å². The van der Waals surface area contributed by atoms with Crippen LogP contribution in [0.2, 0.25) is 72.0 Å². The molecule has 0 aromatic heterocycles. The van der Waals surface area contributed by atoms with Crippen LogP contribution in [0.1, 0.15) is 71.2 Å². The van der Waals surface area contributed by atoms with Crippen LogP contribution >= 0.6 is 0 Å².